The molecule has 1 saturated heterocycles. The van der Waals surface area contributed by atoms with Crippen molar-refractivity contribution in [3.8, 4) is 23.0 Å². The van der Waals surface area contributed by atoms with Gasteiger partial charge in [-0.25, -0.2) is 4.98 Å². The van der Waals surface area contributed by atoms with Crippen molar-refractivity contribution in [3.05, 3.63) is 76.9 Å². The predicted molar refractivity (Wildman–Crippen MR) is 169 cm³/mol. The summed E-state index contributed by atoms with van der Waals surface area (Å²) in [6, 6.07) is 15.2. The molecule has 3 heterocycles. The van der Waals surface area contributed by atoms with Crippen LogP contribution in [0, 0.1) is 12.8 Å². The van der Waals surface area contributed by atoms with Gasteiger partial charge in [-0.3, -0.25) is 14.5 Å². The molecule has 0 aliphatic carbocycles. The number of thiazole rings is 1. The number of benzene rings is 3. The lowest BCUT2D eigenvalue weighted by molar-refractivity contribution is -0.132. The Morgan fingerprint density at radius 2 is 1.82 bits per heavy atom. The number of Topliss-reactive ketones (excluding diaryl/α,β-unsaturated/α-hetero) is 1. The van der Waals surface area contributed by atoms with Crippen LogP contribution in [0.5, 0.6) is 23.0 Å². The normalized spacial score (nSPS) is 17.5. The van der Waals surface area contributed by atoms with Crippen LogP contribution in [0.1, 0.15) is 49.9 Å². The van der Waals surface area contributed by atoms with E-state index in [1.165, 1.54) is 16.2 Å². The molecule has 0 spiro atoms. The average molecular weight is 615 g/mol. The van der Waals surface area contributed by atoms with E-state index in [4.69, 9.17) is 23.9 Å². The summed E-state index contributed by atoms with van der Waals surface area (Å²) < 4.78 is 24.2. The summed E-state index contributed by atoms with van der Waals surface area (Å²) in [4.78, 5) is 33.7. The molecule has 228 valence electrons. The highest BCUT2D eigenvalue weighted by Gasteiger charge is 2.48. The zero-order valence-electron chi connectivity index (χ0n) is 25.1. The maximum absolute atomic E-state index is 13.8. The number of fused-ring (bicyclic) bond motifs is 2. The van der Waals surface area contributed by atoms with Gasteiger partial charge in [0.15, 0.2) is 28.1 Å². The lowest BCUT2D eigenvalue weighted by Gasteiger charge is -2.24. The Morgan fingerprint density at radius 3 is 2.59 bits per heavy atom. The van der Waals surface area contributed by atoms with Crippen LogP contribution in [0.2, 0.25) is 0 Å². The lowest BCUT2D eigenvalue weighted by Crippen LogP contribution is -2.29. The summed E-state index contributed by atoms with van der Waals surface area (Å²) in [5.41, 5.74) is 2.61. The van der Waals surface area contributed by atoms with E-state index in [0.717, 1.165) is 16.7 Å². The average Bonchev–Trinajstić information content (AvgIpc) is 3.54. The fourth-order valence-corrected chi connectivity index (χ4v) is 6.39. The van der Waals surface area contributed by atoms with Crippen molar-refractivity contribution < 1.29 is 33.6 Å². The maximum Gasteiger partial charge on any atom is 0.301 e. The molecule has 1 atom stereocenters. The van der Waals surface area contributed by atoms with E-state index >= 15 is 0 Å². The van der Waals surface area contributed by atoms with Gasteiger partial charge in [0.25, 0.3) is 5.78 Å². The fraction of sp³-hybridized carbons (Fsp3) is 0.324. The van der Waals surface area contributed by atoms with Crippen molar-refractivity contribution in [2.45, 2.75) is 40.2 Å². The highest BCUT2D eigenvalue weighted by atomic mass is 32.1. The number of amides is 1. The van der Waals surface area contributed by atoms with Gasteiger partial charge in [0.1, 0.15) is 19.0 Å². The van der Waals surface area contributed by atoms with Gasteiger partial charge in [0.05, 0.1) is 35.0 Å². The number of ether oxygens (including phenoxy) is 4. The summed E-state index contributed by atoms with van der Waals surface area (Å²) >= 11 is 1.32. The number of nitrogens with zero attached hydrogens (tertiary/aromatic N) is 2. The van der Waals surface area contributed by atoms with E-state index in [2.05, 4.69) is 13.8 Å². The van der Waals surface area contributed by atoms with Gasteiger partial charge in [-0.05, 0) is 79.8 Å². The molecule has 10 heteroatoms. The molecule has 0 radical (unpaired) electrons. The van der Waals surface area contributed by atoms with Crippen molar-refractivity contribution >= 4 is 44.1 Å². The highest BCUT2D eigenvalue weighted by Crippen LogP contribution is 2.46. The summed E-state index contributed by atoms with van der Waals surface area (Å²) in [6.07, 6.45) is 0.875. The lowest BCUT2D eigenvalue weighted by atomic mass is 9.95. The molecule has 1 fully saturated rings. The first-order valence-corrected chi connectivity index (χ1v) is 15.5. The Morgan fingerprint density at radius 1 is 1.02 bits per heavy atom. The van der Waals surface area contributed by atoms with E-state index in [-0.39, 0.29) is 11.3 Å². The van der Waals surface area contributed by atoms with E-state index < -0.39 is 17.7 Å². The molecule has 4 aromatic rings. The van der Waals surface area contributed by atoms with Crippen LogP contribution in [0.3, 0.4) is 0 Å². The smallest absolute Gasteiger partial charge is 0.301 e. The molecule has 44 heavy (non-hydrogen) atoms. The predicted octanol–water partition coefficient (Wildman–Crippen LogP) is 6.83. The molecule has 2 aliphatic heterocycles. The zero-order valence-corrected chi connectivity index (χ0v) is 25.9. The number of hydrogen-bond acceptors (Lipinski definition) is 9. The molecule has 1 unspecified atom stereocenters. The van der Waals surface area contributed by atoms with Crippen LogP contribution in [-0.4, -0.2) is 48.2 Å². The number of carbonyl (C=O) groups excluding carboxylic acids is 2. The van der Waals surface area contributed by atoms with Gasteiger partial charge in [0, 0.05) is 5.56 Å². The quantitative estimate of drug-likeness (QED) is 0.124. The standard InChI is InChI=1S/C34H34N2O7S/c1-5-40-26-17-21(7-10-24(26)41-13-12-19(2)3)30-29(31(37)22-8-11-25-27(18-22)43-15-14-42-25)32(38)33(39)36(30)34-35-23-9-6-20(4)16-28(23)44-34/h6-11,16-19,30,37H,5,12-15H2,1-4H3/b31-29+. The third-order valence-corrected chi connectivity index (χ3v) is 8.55. The Labute approximate surface area is 259 Å². The van der Waals surface area contributed by atoms with Crippen molar-refractivity contribution in [1.82, 2.24) is 4.98 Å². The van der Waals surface area contributed by atoms with Gasteiger partial charge < -0.3 is 24.1 Å². The molecule has 1 N–H and O–H groups in total. The molecule has 6 rings (SSSR count). The van der Waals surface area contributed by atoms with E-state index in [1.54, 1.807) is 36.4 Å². The van der Waals surface area contributed by atoms with Crippen molar-refractivity contribution in [1.29, 1.82) is 0 Å². The van der Waals surface area contributed by atoms with Crippen molar-refractivity contribution in [2.75, 3.05) is 31.3 Å². The first-order valence-electron chi connectivity index (χ1n) is 14.7. The molecule has 2 aliphatic rings. The van der Waals surface area contributed by atoms with Gasteiger partial charge in [0.2, 0.25) is 0 Å². The number of anilines is 1. The second kappa shape index (κ2) is 12.2. The van der Waals surface area contributed by atoms with Gasteiger partial charge in [-0.1, -0.05) is 37.3 Å². The molecular weight excluding hydrogens is 580 g/mol. The largest absolute Gasteiger partial charge is 0.507 e. The topological polar surface area (TPSA) is 107 Å². The van der Waals surface area contributed by atoms with Crippen LogP contribution in [0.25, 0.3) is 16.0 Å². The van der Waals surface area contributed by atoms with E-state index in [1.807, 2.05) is 32.0 Å². The highest BCUT2D eigenvalue weighted by molar-refractivity contribution is 7.22. The van der Waals surface area contributed by atoms with Crippen LogP contribution < -0.4 is 23.8 Å². The minimum Gasteiger partial charge on any atom is -0.507 e. The Kier molecular flexibility index (Phi) is 8.18. The second-order valence-corrected chi connectivity index (χ2v) is 12.2. The SMILES string of the molecule is CCOc1cc(C2/C(=C(\O)c3ccc4c(c3)OCCO4)C(=O)C(=O)N2c2nc3ccc(C)cc3s2)ccc1OCCC(C)C. The first-order chi connectivity index (χ1) is 21.2. The zero-order chi connectivity index (χ0) is 31.0. The van der Waals surface area contributed by atoms with Crippen LogP contribution in [0.15, 0.2) is 60.2 Å². The van der Waals surface area contributed by atoms with Crippen LogP contribution in [0.4, 0.5) is 5.13 Å². The summed E-state index contributed by atoms with van der Waals surface area (Å²) in [5.74, 6) is 0.614. The maximum atomic E-state index is 13.8. The molecular formula is C34H34N2O7S. The Bertz CT molecular complexity index is 1780. The van der Waals surface area contributed by atoms with Crippen molar-refractivity contribution in [2.24, 2.45) is 5.92 Å². The number of aliphatic hydroxyl groups is 1. The van der Waals surface area contributed by atoms with Crippen LogP contribution >= 0.6 is 11.3 Å². The van der Waals surface area contributed by atoms with Gasteiger partial charge >= 0.3 is 5.91 Å². The summed E-state index contributed by atoms with van der Waals surface area (Å²) in [7, 11) is 0. The number of ketones is 1. The van der Waals surface area contributed by atoms with E-state index in [0.29, 0.717) is 77.1 Å². The third-order valence-electron chi connectivity index (χ3n) is 7.53. The summed E-state index contributed by atoms with van der Waals surface area (Å²) in [6.45, 7) is 9.81. The molecule has 1 aromatic heterocycles. The third kappa shape index (κ3) is 5.57. The Hall–Kier alpha value is -4.57. The molecule has 0 bridgehead atoms. The Balaban J connectivity index is 1.50. The first kappa shape index (κ1) is 29.5. The summed E-state index contributed by atoms with van der Waals surface area (Å²) in [5, 5.41) is 12.0. The van der Waals surface area contributed by atoms with Crippen LogP contribution in [-0.2, 0) is 9.59 Å². The number of carbonyl (C=O) groups is 2. The molecule has 0 saturated carbocycles. The minimum absolute atomic E-state index is 0.0574. The number of aromatic nitrogens is 1. The second-order valence-electron chi connectivity index (χ2n) is 11.2. The van der Waals surface area contributed by atoms with Gasteiger partial charge in [-0.15, -0.1) is 0 Å². The number of aliphatic hydroxyl groups excluding tert-OH is 1. The number of rotatable bonds is 9. The monoisotopic (exact) mass is 614 g/mol. The fourth-order valence-electron chi connectivity index (χ4n) is 5.30. The molecule has 3 aromatic carbocycles. The molecule has 1 amide bonds. The number of hydrogen-bond donors (Lipinski definition) is 1. The number of aryl methyl sites for hydroxylation is 1. The van der Waals surface area contributed by atoms with Gasteiger partial charge in [-0.2, -0.15) is 0 Å². The van der Waals surface area contributed by atoms with E-state index in [9.17, 15) is 14.7 Å². The minimum atomic E-state index is -0.978. The molecule has 9 nitrogen and oxygen atoms in total. The van der Waals surface area contributed by atoms with Crippen molar-refractivity contribution in [3.63, 3.8) is 0 Å².